The van der Waals surface area contributed by atoms with Crippen molar-refractivity contribution < 1.29 is 9.84 Å². The highest BCUT2D eigenvalue weighted by molar-refractivity contribution is 4.91. The summed E-state index contributed by atoms with van der Waals surface area (Å²) >= 11 is 0. The van der Waals surface area contributed by atoms with Gasteiger partial charge in [0, 0.05) is 5.41 Å². The summed E-state index contributed by atoms with van der Waals surface area (Å²) in [4.78, 5) is 0. The molecule has 1 fully saturated rings. The van der Waals surface area contributed by atoms with E-state index in [9.17, 15) is 5.11 Å². The molecule has 78 valence electrons. The van der Waals surface area contributed by atoms with Gasteiger partial charge in [-0.15, -0.1) is 0 Å². The molecule has 1 rings (SSSR count). The molecule has 1 unspecified atom stereocenters. The first-order valence-electron chi connectivity index (χ1n) is 5.51. The van der Waals surface area contributed by atoms with Crippen LogP contribution < -0.4 is 0 Å². The molecule has 1 aliphatic rings. The highest BCUT2D eigenvalue weighted by atomic mass is 16.5. The molecule has 1 aliphatic heterocycles. The van der Waals surface area contributed by atoms with Crippen LogP contribution in [0.2, 0.25) is 0 Å². The van der Waals surface area contributed by atoms with Crippen LogP contribution in [0.3, 0.4) is 0 Å². The molecule has 1 saturated heterocycles. The number of ether oxygens (including phenoxy) is 1. The van der Waals surface area contributed by atoms with Crippen molar-refractivity contribution in [1.82, 2.24) is 0 Å². The third kappa shape index (κ3) is 2.44. The number of hydrogen-bond acceptors (Lipinski definition) is 2. The van der Waals surface area contributed by atoms with Gasteiger partial charge < -0.3 is 9.84 Å². The van der Waals surface area contributed by atoms with Crippen molar-refractivity contribution >= 4 is 0 Å². The first-order chi connectivity index (χ1) is 6.25. The Balaban J connectivity index is 2.35. The lowest BCUT2D eigenvalue weighted by atomic mass is 9.74. The van der Waals surface area contributed by atoms with E-state index in [4.69, 9.17) is 4.74 Å². The second-order valence-corrected chi connectivity index (χ2v) is 4.26. The molecule has 0 spiro atoms. The smallest absolute Gasteiger partial charge is 0.0640 e. The lowest BCUT2D eigenvalue weighted by Crippen LogP contribution is -2.51. The van der Waals surface area contributed by atoms with Crippen LogP contribution in [0.1, 0.15) is 46.0 Å². The minimum atomic E-state index is -0.138. The summed E-state index contributed by atoms with van der Waals surface area (Å²) < 4.78 is 5.23. The van der Waals surface area contributed by atoms with E-state index in [1.165, 1.54) is 6.42 Å². The zero-order chi connectivity index (χ0) is 9.73. The van der Waals surface area contributed by atoms with Crippen molar-refractivity contribution in [3.63, 3.8) is 0 Å². The average molecular weight is 186 g/mol. The Kier molecular flexibility index (Phi) is 4.20. The van der Waals surface area contributed by atoms with E-state index in [2.05, 4.69) is 13.8 Å². The third-order valence-corrected chi connectivity index (χ3v) is 3.06. The van der Waals surface area contributed by atoms with Crippen molar-refractivity contribution in [2.45, 2.75) is 52.1 Å². The van der Waals surface area contributed by atoms with Crippen molar-refractivity contribution in [3.05, 3.63) is 0 Å². The predicted octanol–water partition coefficient (Wildman–Crippen LogP) is 2.35. The Labute approximate surface area is 81.3 Å². The van der Waals surface area contributed by atoms with E-state index in [1.54, 1.807) is 0 Å². The van der Waals surface area contributed by atoms with Crippen LogP contribution in [0.4, 0.5) is 0 Å². The second-order valence-electron chi connectivity index (χ2n) is 4.26. The monoisotopic (exact) mass is 186 g/mol. The van der Waals surface area contributed by atoms with E-state index < -0.39 is 0 Å². The summed E-state index contributed by atoms with van der Waals surface area (Å²) in [7, 11) is 0. The van der Waals surface area contributed by atoms with E-state index in [-0.39, 0.29) is 11.5 Å². The molecule has 0 saturated carbocycles. The summed E-state index contributed by atoms with van der Waals surface area (Å²) in [6.45, 7) is 5.88. The number of rotatable bonds is 6. The zero-order valence-corrected chi connectivity index (χ0v) is 8.88. The van der Waals surface area contributed by atoms with Crippen LogP contribution in [-0.2, 0) is 4.74 Å². The van der Waals surface area contributed by atoms with Crippen LogP contribution in [0.15, 0.2) is 0 Å². The number of aliphatic hydroxyl groups excluding tert-OH is 1. The van der Waals surface area contributed by atoms with E-state index >= 15 is 0 Å². The predicted molar refractivity (Wildman–Crippen MR) is 53.7 cm³/mol. The maximum absolute atomic E-state index is 10.0. The summed E-state index contributed by atoms with van der Waals surface area (Å²) in [5.41, 5.74) is 0.115. The molecular weight excluding hydrogens is 164 g/mol. The van der Waals surface area contributed by atoms with Gasteiger partial charge in [-0.1, -0.05) is 33.1 Å². The second kappa shape index (κ2) is 4.97. The molecule has 2 nitrogen and oxygen atoms in total. The molecule has 0 aromatic rings. The van der Waals surface area contributed by atoms with Gasteiger partial charge in [-0.2, -0.15) is 0 Å². The molecule has 0 aliphatic carbocycles. The summed E-state index contributed by atoms with van der Waals surface area (Å²) in [5, 5.41) is 10.0. The molecular formula is C11H22O2. The topological polar surface area (TPSA) is 29.5 Å². The lowest BCUT2D eigenvalue weighted by molar-refractivity contribution is -0.177. The Morgan fingerprint density at radius 1 is 1.31 bits per heavy atom. The lowest BCUT2D eigenvalue weighted by Gasteiger charge is -2.45. The van der Waals surface area contributed by atoms with E-state index in [0.717, 1.165) is 38.9 Å². The molecule has 1 atom stereocenters. The number of hydrogen-bond donors (Lipinski definition) is 1. The van der Waals surface area contributed by atoms with Crippen LogP contribution in [0.5, 0.6) is 0 Å². The van der Waals surface area contributed by atoms with Gasteiger partial charge in [0.25, 0.3) is 0 Å². The molecule has 2 heteroatoms. The quantitative estimate of drug-likeness (QED) is 0.690. The Bertz CT molecular complexity index is 141. The standard InChI is InChI=1S/C11H22O2/c1-3-5-6-10(12)11(7-4-2)8-13-9-11/h10,12H,3-9H2,1-2H3. The summed E-state index contributed by atoms with van der Waals surface area (Å²) in [6, 6.07) is 0. The molecule has 1 heterocycles. The van der Waals surface area contributed by atoms with E-state index in [0.29, 0.717) is 0 Å². The Morgan fingerprint density at radius 3 is 2.38 bits per heavy atom. The average Bonchev–Trinajstić information content (AvgIpc) is 2.07. The van der Waals surface area contributed by atoms with Crippen molar-refractivity contribution in [3.8, 4) is 0 Å². The minimum absolute atomic E-state index is 0.115. The minimum Gasteiger partial charge on any atom is -0.392 e. The van der Waals surface area contributed by atoms with Crippen LogP contribution in [-0.4, -0.2) is 24.4 Å². The third-order valence-electron chi connectivity index (χ3n) is 3.06. The van der Waals surface area contributed by atoms with Gasteiger partial charge in [0.2, 0.25) is 0 Å². The molecule has 1 N–H and O–H groups in total. The van der Waals surface area contributed by atoms with Crippen LogP contribution in [0.25, 0.3) is 0 Å². The van der Waals surface area contributed by atoms with Crippen LogP contribution >= 0.6 is 0 Å². The molecule has 0 aromatic heterocycles. The molecule has 0 amide bonds. The SMILES string of the molecule is CCCCC(O)C1(CCC)COC1. The normalized spacial score (nSPS) is 22.4. The fourth-order valence-electron chi connectivity index (χ4n) is 2.07. The first-order valence-corrected chi connectivity index (χ1v) is 5.51. The fourth-order valence-corrected chi connectivity index (χ4v) is 2.07. The number of aliphatic hydroxyl groups is 1. The first kappa shape index (κ1) is 11.0. The highest BCUT2D eigenvalue weighted by Gasteiger charge is 2.43. The van der Waals surface area contributed by atoms with Gasteiger partial charge in [0.1, 0.15) is 0 Å². The van der Waals surface area contributed by atoms with Gasteiger partial charge in [-0.05, 0) is 12.8 Å². The van der Waals surface area contributed by atoms with Gasteiger partial charge >= 0.3 is 0 Å². The highest BCUT2D eigenvalue weighted by Crippen LogP contribution is 2.38. The molecule has 0 bridgehead atoms. The van der Waals surface area contributed by atoms with Crippen molar-refractivity contribution in [1.29, 1.82) is 0 Å². The van der Waals surface area contributed by atoms with Crippen molar-refractivity contribution in [2.75, 3.05) is 13.2 Å². The Hall–Kier alpha value is -0.0800. The van der Waals surface area contributed by atoms with Gasteiger partial charge in [0.15, 0.2) is 0 Å². The van der Waals surface area contributed by atoms with Gasteiger partial charge in [-0.3, -0.25) is 0 Å². The van der Waals surface area contributed by atoms with Crippen molar-refractivity contribution in [2.24, 2.45) is 5.41 Å². The van der Waals surface area contributed by atoms with E-state index in [1.807, 2.05) is 0 Å². The molecule has 0 aromatic carbocycles. The largest absolute Gasteiger partial charge is 0.392 e. The maximum Gasteiger partial charge on any atom is 0.0640 e. The van der Waals surface area contributed by atoms with Gasteiger partial charge in [-0.25, -0.2) is 0 Å². The summed E-state index contributed by atoms with van der Waals surface area (Å²) in [5.74, 6) is 0. The van der Waals surface area contributed by atoms with Crippen LogP contribution in [0, 0.1) is 5.41 Å². The Morgan fingerprint density at radius 2 is 2.00 bits per heavy atom. The van der Waals surface area contributed by atoms with Gasteiger partial charge in [0.05, 0.1) is 19.3 Å². The number of unbranched alkanes of at least 4 members (excludes halogenated alkanes) is 1. The fraction of sp³-hybridized carbons (Fsp3) is 1.00. The zero-order valence-electron chi connectivity index (χ0n) is 8.88. The maximum atomic E-state index is 10.0. The summed E-state index contributed by atoms with van der Waals surface area (Å²) in [6.07, 6.45) is 5.36. The molecule has 0 radical (unpaired) electrons. The molecule has 13 heavy (non-hydrogen) atoms.